The first kappa shape index (κ1) is 23.1. The van der Waals surface area contributed by atoms with Gasteiger partial charge in [-0.25, -0.2) is 0 Å². The molecule has 0 aliphatic carbocycles. The Labute approximate surface area is 187 Å². The zero-order valence-electron chi connectivity index (χ0n) is 18.6. The lowest BCUT2D eigenvalue weighted by molar-refractivity contribution is -0.140. The number of aliphatic hydroxyl groups excluding tert-OH is 1. The molecule has 0 bridgehead atoms. The number of nitrogens with zero attached hydrogens (tertiary/aromatic N) is 1. The van der Waals surface area contributed by atoms with Crippen LogP contribution in [0.25, 0.3) is 5.76 Å². The number of rotatable bonds is 9. The van der Waals surface area contributed by atoms with Crippen molar-refractivity contribution in [2.45, 2.75) is 12.5 Å². The Balaban J connectivity index is 2.18. The average molecular weight is 441 g/mol. The van der Waals surface area contributed by atoms with Crippen LogP contribution in [0.3, 0.4) is 0 Å². The number of benzene rings is 2. The molecule has 0 saturated carbocycles. The number of hydrogen-bond acceptors (Lipinski definition) is 7. The third-order valence-electron chi connectivity index (χ3n) is 5.38. The van der Waals surface area contributed by atoms with Gasteiger partial charge in [0.15, 0.2) is 0 Å². The largest absolute Gasteiger partial charge is 0.507 e. The molecular weight excluding hydrogens is 414 g/mol. The molecule has 2 aromatic rings. The molecule has 170 valence electrons. The lowest BCUT2D eigenvalue weighted by Crippen LogP contribution is -2.31. The zero-order chi connectivity index (χ0) is 23.3. The van der Waals surface area contributed by atoms with Gasteiger partial charge in [0, 0.05) is 20.3 Å². The summed E-state index contributed by atoms with van der Waals surface area (Å²) in [6, 6.07) is 11.1. The normalized spacial score (nSPS) is 17.5. The van der Waals surface area contributed by atoms with Crippen LogP contribution < -0.4 is 14.2 Å². The van der Waals surface area contributed by atoms with Crippen LogP contribution in [0, 0.1) is 0 Å². The monoisotopic (exact) mass is 441 g/mol. The molecule has 0 aromatic heterocycles. The highest BCUT2D eigenvalue weighted by atomic mass is 16.5. The summed E-state index contributed by atoms with van der Waals surface area (Å²) in [7, 11) is 6.09. The van der Waals surface area contributed by atoms with E-state index in [2.05, 4.69) is 0 Å². The molecule has 1 aliphatic heterocycles. The summed E-state index contributed by atoms with van der Waals surface area (Å²) >= 11 is 0. The molecule has 1 unspecified atom stereocenters. The summed E-state index contributed by atoms with van der Waals surface area (Å²) < 4.78 is 21.0. The van der Waals surface area contributed by atoms with Crippen molar-refractivity contribution in [3.8, 4) is 17.2 Å². The summed E-state index contributed by atoms with van der Waals surface area (Å²) in [5.74, 6) is -0.297. The maximum absolute atomic E-state index is 13.1. The number of ether oxygens (including phenoxy) is 4. The van der Waals surface area contributed by atoms with Crippen LogP contribution in [0.1, 0.15) is 23.6 Å². The number of Topliss-reactive ketones (excluding diaryl/α,β-unsaturated/α-hetero) is 1. The number of hydrogen-bond donors (Lipinski definition) is 1. The first-order chi connectivity index (χ1) is 15.5. The van der Waals surface area contributed by atoms with E-state index in [4.69, 9.17) is 18.9 Å². The van der Waals surface area contributed by atoms with Crippen molar-refractivity contribution in [3.05, 3.63) is 59.2 Å². The maximum Gasteiger partial charge on any atom is 0.295 e. The minimum atomic E-state index is -0.770. The van der Waals surface area contributed by atoms with Gasteiger partial charge in [0.05, 0.1) is 38.5 Å². The third-order valence-corrected chi connectivity index (χ3v) is 5.38. The Bertz CT molecular complexity index is 1010. The van der Waals surface area contributed by atoms with Gasteiger partial charge in [0.1, 0.15) is 23.0 Å². The zero-order valence-corrected chi connectivity index (χ0v) is 18.6. The van der Waals surface area contributed by atoms with Crippen LogP contribution in [-0.2, 0) is 14.3 Å². The predicted octanol–water partition coefficient (Wildman–Crippen LogP) is 3.17. The molecule has 1 heterocycles. The topological polar surface area (TPSA) is 94.5 Å². The quantitative estimate of drug-likeness (QED) is 0.276. The molecule has 2 aromatic carbocycles. The van der Waals surface area contributed by atoms with Gasteiger partial charge >= 0.3 is 0 Å². The van der Waals surface area contributed by atoms with E-state index < -0.39 is 17.7 Å². The fourth-order valence-electron chi connectivity index (χ4n) is 3.77. The predicted molar refractivity (Wildman–Crippen MR) is 118 cm³/mol. The molecule has 1 fully saturated rings. The number of carbonyl (C=O) groups excluding carboxylic acids is 2. The van der Waals surface area contributed by atoms with Crippen LogP contribution in [0.4, 0.5) is 0 Å². The van der Waals surface area contributed by atoms with Crippen molar-refractivity contribution in [2.75, 3.05) is 41.6 Å². The van der Waals surface area contributed by atoms with Crippen molar-refractivity contribution in [1.29, 1.82) is 0 Å². The fraction of sp³-hybridized carbons (Fsp3) is 0.333. The van der Waals surface area contributed by atoms with Crippen molar-refractivity contribution < 1.29 is 33.6 Å². The number of carbonyl (C=O) groups is 2. The number of amides is 1. The second kappa shape index (κ2) is 10.2. The van der Waals surface area contributed by atoms with Crippen LogP contribution in [-0.4, -0.2) is 63.3 Å². The molecule has 1 N–H and O–H groups in total. The van der Waals surface area contributed by atoms with Gasteiger partial charge in [-0.15, -0.1) is 0 Å². The lowest BCUT2D eigenvalue weighted by atomic mass is 9.94. The van der Waals surface area contributed by atoms with E-state index in [9.17, 15) is 14.7 Å². The molecule has 1 atom stereocenters. The average Bonchev–Trinajstić information content (AvgIpc) is 3.08. The van der Waals surface area contributed by atoms with E-state index in [0.29, 0.717) is 42.4 Å². The molecule has 1 amide bonds. The van der Waals surface area contributed by atoms with Gasteiger partial charge in [-0.1, -0.05) is 12.1 Å². The van der Waals surface area contributed by atoms with Crippen molar-refractivity contribution >= 4 is 17.4 Å². The van der Waals surface area contributed by atoms with Crippen LogP contribution in [0.15, 0.2) is 48.0 Å². The van der Waals surface area contributed by atoms with Crippen LogP contribution in [0.5, 0.6) is 17.2 Å². The molecule has 8 heteroatoms. The number of likely N-dealkylation sites (tertiary alicyclic amines) is 1. The Morgan fingerprint density at radius 2 is 1.59 bits per heavy atom. The summed E-state index contributed by atoms with van der Waals surface area (Å²) in [4.78, 5) is 27.5. The van der Waals surface area contributed by atoms with E-state index in [0.717, 1.165) is 0 Å². The molecule has 3 rings (SSSR count). The summed E-state index contributed by atoms with van der Waals surface area (Å²) in [5.41, 5.74) is 0.926. The molecule has 1 saturated heterocycles. The standard InChI is InChI=1S/C24H27NO7/c1-29-13-5-12-25-21(15-6-8-16(30-2)9-7-15)20(23(27)24(25)28)22(26)18-14-17(31-3)10-11-19(18)32-4/h6-11,14,21,26H,5,12-13H2,1-4H3/b22-20+. The Kier molecular flexibility index (Phi) is 7.37. The van der Waals surface area contributed by atoms with Gasteiger partial charge in [-0.3, -0.25) is 9.59 Å². The summed E-state index contributed by atoms with van der Waals surface area (Å²) in [6.45, 7) is 0.725. The summed E-state index contributed by atoms with van der Waals surface area (Å²) in [5, 5.41) is 11.3. The maximum atomic E-state index is 13.1. The summed E-state index contributed by atoms with van der Waals surface area (Å²) in [6.07, 6.45) is 0.540. The highest BCUT2D eigenvalue weighted by Crippen LogP contribution is 2.42. The smallest absolute Gasteiger partial charge is 0.295 e. The molecule has 32 heavy (non-hydrogen) atoms. The molecule has 8 nitrogen and oxygen atoms in total. The van der Waals surface area contributed by atoms with Gasteiger partial charge in [-0.05, 0) is 42.3 Å². The Hall–Kier alpha value is -3.52. The SMILES string of the molecule is COCCCN1C(=O)C(=O)/C(=C(/O)c2cc(OC)ccc2OC)C1c1ccc(OC)cc1. The lowest BCUT2D eigenvalue weighted by Gasteiger charge is -2.25. The van der Waals surface area contributed by atoms with E-state index in [-0.39, 0.29) is 16.9 Å². The Morgan fingerprint density at radius 1 is 0.938 bits per heavy atom. The second-order valence-corrected chi connectivity index (χ2v) is 7.18. The van der Waals surface area contributed by atoms with Gasteiger partial charge < -0.3 is 29.0 Å². The molecular formula is C24H27NO7. The number of aliphatic hydroxyl groups is 1. The molecule has 0 radical (unpaired) electrons. The van der Waals surface area contributed by atoms with E-state index in [1.54, 1.807) is 56.7 Å². The first-order valence-corrected chi connectivity index (χ1v) is 10.1. The van der Waals surface area contributed by atoms with Crippen molar-refractivity contribution in [3.63, 3.8) is 0 Å². The molecule has 0 spiro atoms. The van der Waals surface area contributed by atoms with E-state index >= 15 is 0 Å². The minimum Gasteiger partial charge on any atom is -0.507 e. The highest BCUT2D eigenvalue weighted by molar-refractivity contribution is 6.46. The van der Waals surface area contributed by atoms with Gasteiger partial charge in [0.2, 0.25) is 0 Å². The van der Waals surface area contributed by atoms with Crippen LogP contribution >= 0.6 is 0 Å². The van der Waals surface area contributed by atoms with Crippen molar-refractivity contribution in [1.82, 2.24) is 4.90 Å². The highest BCUT2D eigenvalue weighted by Gasteiger charge is 2.46. The molecule has 1 aliphatic rings. The van der Waals surface area contributed by atoms with E-state index in [1.165, 1.54) is 19.1 Å². The van der Waals surface area contributed by atoms with Gasteiger partial charge in [-0.2, -0.15) is 0 Å². The fourth-order valence-corrected chi connectivity index (χ4v) is 3.77. The number of methoxy groups -OCH3 is 4. The van der Waals surface area contributed by atoms with Gasteiger partial charge in [0.25, 0.3) is 11.7 Å². The second-order valence-electron chi connectivity index (χ2n) is 7.18. The Morgan fingerprint density at radius 3 is 2.19 bits per heavy atom. The minimum absolute atomic E-state index is 0.0101. The first-order valence-electron chi connectivity index (χ1n) is 10.1. The van der Waals surface area contributed by atoms with Crippen LogP contribution in [0.2, 0.25) is 0 Å². The third kappa shape index (κ3) is 4.40. The number of ketones is 1. The van der Waals surface area contributed by atoms with E-state index in [1.807, 2.05) is 0 Å². The van der Waals surface area contributed by atoms with Crippen molar-refractivity contribution in [2.24, 2.45) is 0 Å².